The predicted molar refractivity (Wildman–Crippen MR) is 103 cm³/mol. The van der Waals surface area contributed by atoms with Gasteiger partial charge in [-0.1, -0.05) is 24.3 Å². The predicted octanol–water partition coefficient (Wildman–Crippen LogP) is 2.72. The summed E-state index contributed by atoms with van der Waals surface area (Å²) in [6, 6.07) is 13.9. The van der Waals surface area contributed by atoms with E-state index in [4.69, 9.17) is 0 Å². The van der Waals surface area contributed by atoms with Gasteiger partial charge in [0.05, 0.1) is 23.8 Å². The highest BCUT2D eigenvalue weighted by atomic mass is 16.2. The van der Waals surface area contributed by atoms with Gasteiger partial charge in [-0.3, -0.25) is 9.48 Å². The minimum absolute atomic E-state index is 0.000347. The van der Waals surface area contributed by atoms with Gasteiger partial charge in [-0.2, -0.15) is 5.10 Å². The van der Waals surface area contributed by atoms with Crippen molar-refractivity contribution in [3.05, 3.63) is 60.0 Å². The number of hydrogen-bond acceptors (Lipinski definition) is 4. The average molecular weight is 361 g/mol. The summed E-state index contributed by atoms with van der Waals surface area (Å²) in [6.45, 7) is 4.51. The summed E-state index contributed by atoms with van der Waals surface area (Å²) in [5.74, 6) is -0.000347. The summed E-state index contributed by atoms with van der Waals surface area (Å²) in [5.41, 5.74) is 2.47. The zero-order chi connectivity index (χ0) is 18.2. The Morgan fingerprint density at radius 1 is 1.07 bits per heavy atom. The van der Waals surface area contributed by atoms with Crippen molar-refractivity contribution in [1.29, 1.82) is 0 Å². The van der Waals surface area contributed by atoms with Gasteiger partial charge in [-0.05, 0) is 44.1 Å². The average Bonchev–Trinajstić information content (AvgIpc) is 3.38. The molecule has 1 atom stereocenters. The number of aromatic nitrogens is 3. The van der Waals surface area contributed by atoms with Crippen LogP contribution in [0.1, 0.15) is 35.1 Å². The quantitative estimate of drug-likeness (QED) is 0.720. The third kappa shape index (κ3) is 3.10. The zero-order valence-electron chi connectivity index (χ0n) is 15.3. The SMILES string of the molecule is O=C(c1ccc2ccccc2n1)N1Cc2ccnn2C(CN2CCCC2)C1. The van der Waals surface area contributed by atoms with Crippen LogP contribution in [0.2, 0.25) is 0 Å². The van der Waals surface area contributed by atoms with E-state index < -0.39 is 0 Å². The lowest BCUT2D eigenvalue weighted by molar-refractivity contribution is 0.0641. The van der Waals surface area contributed by atoms with Crippen molar-refractivity contribution in [3.63, 3.8) is 0 Å². The first-order valence-electron chi connectivity index (χ1n) is 9.68. The molecule has 0 radical (unpaired) electrons. The van der Waals surface area contributed by atoms with Crippen LogP contribution in [0, 0.1) is 0 Å². The third-order valence-corrected chi connectivity index (χ3v) is 5.65. The van der Waals surface area contributed by atoms with E-state index in [2.05, 4.69) is 19.7 Å². The maximum atomic E-state index is 13.2. The van der Waals surface area contributed by atoms with Gasteiger partial charge in [0.1, 0.15) is 5.69 Å². The number of fused-ring (bicyclic) bond motifs is 2. The molecule has 3 aromatic rings. The molecule has 0 bridgehead atoms. The van der Waals surface area contributed by atoms with E-state index in [1.54, 1.807) is 0 Å². The van der Waals surface area contributed by atoms with E-state index >= 15 is 0 Å². The van der Waals surface area contributed by atoms with Gasteiger partial charge in [-0.15, -0.1) is 0 Å². The Kier molecular flexibility index (Phi) is 4.13. The lowest BCUT2D eigenvalue weighted by Gasteiger charge is -2.35. The molecule has 1 fully saturated rings. The Labute approximate surface area is 158 Å². The fourth-order valence-electron chi connectivity index (χ4n) is 4.29. The summed E-state index contributed by atoms with van der Waals surface area (Å²) < 4.78 is 2.11. The maximum Gasteiger partial charge on any atom is 0.272 e. The highest BCUT2D eigenvalue weighted by Gasteiger charge is 2.31. The van der Waals surface area contributed by atoms with Crippen molar-refractivity contribution in [3.8, 4) is 0 Å². The number of amides is 1. The molecule has 138 valence electrons. The lowest BCUT2D eigenvalue weighted by Crippen LogP contribution is -2.45. The van der Waals surface area contributed by atoms with Gasteiger partial charge in [0.15, 0.2) is 0 Å². The number of hydrogen-bond donors (Lipinski definition) is 0. The summed E-state index contributed by atoms with van der Waals surface area (Å²) in [4.78, 5) is 22.2. The van der Waals surface area contributed by atoms with Gasteiger partial charge in [-0.25, -0.2) is 4.98 Å². The van der Waals surface area contributed by atoms with Crippen molar-refractivity contribution >= 4 is 16.8 Å². The Hall–Kier alpha value is -2.73. The molecule has 5 rings (SSSR count). The fraction of sp³-hybridized carbons (Fsp3) is 0.381. The Morgan fingerprint density at radius 2 is 1.93 bits per heavy atom. The molecule has 1 unspecified atom stereocenters. The van der Waals surface area contributed by atoms with Gasteiger partial charge in [0.2, 0.25) is 0 Å². The number of nitrogens with zero attached hydrogens (tertiary/aromatic N) is 5. The topological polar surface area (TPSA) is 54.3 Å². The van der Waals surface area contributed by atoms with Crippen LogP contribution in [-0.2, 0) is 6.54 Å². The number of likely N-dealkylation sites (tertiary alicyclic amines) is 1. The number of carbonyl (C=O) groups excluding carboxylic acids is 1. The van der Waals surface area contributed by atoms with E-state index in [9.17, 15) is 4.79 Å². The molecule has 2 aromatic heterocycles. The van der Waals surface area contributed by atoms with Crippen molar-refractivity contribution in [2.24, 2.45) is 0 Å². The van der Waals surface area contributed by atoms with E-state index in [-0.39, 0.29) is 11.9 Å². The molecule has 1 saturated heterocycles. The highest BCUT2D eigenvalue weighted by molar-refractivity contribution is 5.95. The minimum atomic E-state index is -0.000347. The normalized spacial score (nSPS) is 20.1. The zero-order valence-corrected chi connectivity index (χ0v) is 15.3. The van der Waals surface area contributed by atoms with Crippen LogP contribution in [0.5, 0.6) is 0 Å². The molecule has 0 aliphatic carbocycles. The molecule has 0 spiro atoms. The van der Waals surface area contributed by atoms with Crippen LogP contribution >= 0.6 is 0 Å². The van der Waals surface area contributed by atoms with Crippen molar-refractivity contribution in [1.82, 2.24) is 24.6 Å². The monoisotopic (exact) mass is 361 g/mol. The molecule has 0 N–H and O–H groups in total. The van der Waals surface area contributed by atoms with E-state index in [1.807, 2.05) is 53.6 Å². The summed E-state index contributed by atoms with van der Waals surface area (Å²) >= 11 is 0. The number of para-hydroxylation sites is 1. The maximum absolute atomic E-state index is 13.2. The van der Waals surface area contributed by atoms with Crippen LogP contribution in [0.3, 0.4) is 0 Å². The Morgan fingerprint density at radius 3 is 2.81 bits per heavy atom. The van der Waals surface area contributed by atoms with Crippen molar-refractivity contribution < 1.29 is 4.79 Å². The van der Waals surface area contributed by atoms with Crippen LogP contribution in [0.25, 0.3) is 10.9 Å². The first kappa shape index (κ1) is 16.4. The summed E-state index contributed by atoms with van der Waals surface area (Å²) in [7, 11) is 0. The fourth-order valence-corrected chi connectivity index (χ4v) is 4.29. The Bertz CT molecular complexity index is 975. The molecule has 1 aromatic carbocycles. The number of carbonyl (C=O) groups is 1. The van der Waals surface area contributed by atoms with Crippen LogP contribution in [0.4, 0.5) is 0 Å². The Balaban J connectivity index is 1.41. The van der Waals surface area contributed by atoms with Gasteiger partial charge in [0, 0.05) is 24.7 Å². The van der Waals surface area contributed by atoms with Crippen molar-refractivity contribution in [2.45, 2.75) is 25.4 Å². The second-order valence-corrected chi connectivity index (χ2v) is 7.50. The van der Waals surface area contributed by atoms with Crippen LogP contribution in [0.15, 0.2) is 48.7 Å². The van der Waals surface area contributed by atoms with Crippen molar-refractivity contribution in [2.75, 3.05) is 26.2 Å². The summed E-state index contributed by atoms with van der Waals surface area (Å²) in [6.07, 6.45) is 4.37. The smallest absolute Gasteiger partial charge is 0.272 e. The lowest BCUT2D eigenvalue weighted by atomic mass is 10.1. The third-order valence-electron chi connectivity index (χ3n) is 5.65. The number of pyridine rings is 1. The molecule has 0 saturated carbocycles. The first-order valence-corrected chi connectivity index (χ1v) is 9.68. The summed E-state index contributed by atoms with van der Waals surface area (Å²) in [5, 5.41) is 5.58. The van der Waals surface area contributed by atoms with E-state index in [1.165, 1.54) is 12.8 Å². The number of rotatable bonds is 3. The molecule has 4 heterocycles. The molecule has 1 amide bonds. The highest BCUT2D eigenvalue weighted by Crippen LogP contribution is 2.24. The molecular weight excluding hydrogens is 338 g/mol. The van der Waals surface area contributed by atoms with Crippen LogP contribution < -0.4 is 0 Å². The molecule has 27 heavy (non-hydrogen) atoms. The molecular formula is C21H23N5O. The van der Waals surface area contributed by atoms with E-state index in [0.29, 0.717) is 18.8 Å². The van der Waals surface area contributed by atoms with E-state index in [0.717, 1.165) is 36.2 Å². The van der Waals surface area contributed by atoms with Crippen LogP contribution in [-0.4, -0.2) is 56.7 Å². The molecule has 2 aliphatic heterocycles. The second-order valence-electron chi connectivity index (χ2n) is 7.50. The molecule has 6 nitrogen and oxygen atoms in total. The molecule has 6 heteroatoms. The molecule has 2 aliphatic rings. The number of benzene rings is 1. The van der Waals surface area contributed by atoms with Gasteiger partial charge < -0.3 is 9.80 Å². The van der Waals surface area contributed by atoms with Gasteiger partial charge >= 0.3 is 0 Å². The standard InChI is InChI=1S/C21H23N5O/c27-21(20-8-7-16-5-1-2-6-19(16)23-20)25-14-17-9-10-22-26(17)18(15-25)13-24-11-3-4-12-24/h1-2,5-10,18H,3-4,11-15H2. The first-order chi connectivity index (χ1) is 13.3. The second kappa shape index (κ2) is 6.78. The van der Waals surface area contributed by atoms with Gasteiger partial charge in [0.25, 0.3) is 5.91 Å². The minimum Gasteiger partial charge on any atom is -0.329 e. The largest absolute Gasteiger partial charge is 0.329 e.